The van der Waals surface area contributed by atoms with Crippen LogP contribution in [0.4, 0.5) is 4.39 Å². The molecule has 84 valence electrons. The van der Waals surface area contributed by atoms with Gasteiger partial charge in [-0.15, -0.1) is 0 Å². The summed E-state index contributed by atoms with van der Waals surface area (Å²) in [4.78, 5) is 3.23. The number of benzene rings is 2. The molecular formula is C14H9ClFN. The standard InChI is InChI=1S/C14H9ClFN/c15-11-5-4-10-7-13(17-14(10)8-11)9-2-1-3-12(16)6-9/h1-8,17H. The Balaban J connectivity index is 2.18. The Bertz CT molecular complexity index is 688. The Morgan fingerprint density at radius 1 is 1.00 bits per heavy atom. The molecule has 0 radical (unpaired) electrons. The van der Waals surface area contributed by atoms with Crippen LogP contribution in [0.2, 0.25) is 5.02 Å². The molecule has 0 aliphatic heterocycles. The number of halogens is 2. The molecule has 1 N–H and O–H groups in total. The van der Waals surface area contributed by atoms with E-state index in [0.29, 0.717) is 5.02 Å². The van der Waals surface area contributed by atoms with E-state index in [0.717, 1.165) is 22.2 Å². The van der Waals surface area contributed by atoms with Crippen LogP contribution in [0.15, 0.2) is 48.5 Å². The van der Waals surface area contributed by atoms with Crippen molar-refractivity contribution in [3.8, 4) is 11.3 Å². The van der Waals surface area contributed by atoms with Crippen molar-refractivity contribution in [1.82, 2.24) is 4.98 Å². The van der Waals surface area contributed by atoms with E-state index in [-0.39, 0.29) is 5.82 Å². The minimum Gasteiger partial charge on any atom is -0.354 e. The lowest BCUT2D eigenvalue weighted by Crippen LogP contribution is -1.78. The lowest BCUT2D eigenvalue weighted by atomic mass is 10.1. The van der Waals surface area contributed by atoms with Crippen LogP contribution in [0.25, 0.3) is 22.2 Å². The normalized spacial score (nSPS) is 10.9. The summed E-state index contributed by atoms with van der Waals surface area (Å²) < 4.78 is 13.1. The largest absolute Gasteiger partial charge is 0.354 e. The van der Waals surface area contributed by atoms with Crippen LogP contribution >= 0.6 is 11.6 Å². The summed E-state index contributed by atoms with van der Waals surface area (Å²) in [7, 11) is 0. The second-order valence-corrected chi connectivity index (χ2v) is 4.36. The second-order valence-electron chi connectivity index (χ2n) is 3.92. The molecule has 0 amide bonds. The molecule has 1 heterocycles. The molecule has 0 atom stereocenters. The maximum absolute atomic E-state index is 13.1. The topological polar surface area (TPSA) is 15.8 Å². The number of nitrogens with one attached hydrogen (secondary N) is 1. The Kier molecular flexibility index (Phi) is 2.37. The van der Waals surface area contributed by atoms with Gasteiger partial charge in [0, 0.05) is 27.2 Å². The van der Waals surface area contributed by atoms with Crippen molar-refractivity contribution < 1.29 is 4.39 Å². The zero-order valence-electron chi connectivity index (χ0n) is 8.87. The molecule has 3 aromatic rings. The quantitative estimate of drug-likeness (QED) is 0.644. The van der Waals surface area contributed by atoms with Crippen LogP contribution in [0.1, 0.15) is 0 Å². The summed E-state index contributed by atoms with van der Waals surface area (Å²) in [6.45, 7) is 0. The van der Waals surface area contributed by atoms with Crippen LogP contribution in [0, 0.1) is 5.82 Å². The first-order valence-electron chi connectivity index (χ1n) is 5.26. The summed E-state index contributed by atoms with van der Waals surface area (Å²) in [6, 6.07) is 14.1. The fourth-order valence-corrected chi connectivity index (χ4v) is 2.08. The van der Waals surface area contributed by atoms with Gasteiger partial charge in [-0.3, -0.25) is 0 Å². The summed E-state index contributed by atoms with van der Waals surface area (Å²) >= 11 is 5.92. The van der Waals surface area contributed by atoms with E-state index in [1.807, 2.05) is 30.3 Å². The average Bonchev–Trinajstić information content (AvgIpc) is 2.72. The van der Waals surface area contributed by atoms with Gasteiger partial charge in [0.2, 0.25) is 0 Å². The fourth-order valence-electron chi connectivity index (χ4n) is 1.91. The summed E-state index contributed by atoms with van der Waals surface area (Å²) in [5, 5.41) is 1.75. The van der Waals surface area contributed by atoms with Gasteiger partial charge in [-0.1, -0.05) is 29.8 Å². The summed E-state index contributed by atoms with van der Waals surface area (Å²) in [6.07, 6.45) is 0. The molecule has 0 fully saturated rings. The smallest absolute Gasteiger partial charge is 0.123 e. The number of rotatable bonds is 1. The van der Waals surface area contributed by atoms with Crippen molar-refractivity contribution in [2.45, 2.75) is 0 Å². The number of aromatic amines is 1. The van der Waals surface area contributed by atoms with Crippen molar-refractivity contribution in [3.05, 3.63) is 59.4 Å². The first kappa shape index (κ1) is 10.4. The summed E-state index contributed by atoms with van der Waals surface area (Å²) in [5.41, 5.74) is 2.68. The first-order valence-corrected chi connectivity index (χ1v) is 5.64. The van der Waals surface area contributed by atoms with Gasteiger partial charge in [0.1, 0.15) is 5.82 Å². The van der Waals surface area contributed by atoms with Crippen molar-refractivity contribution in [3.63, 3.8) is 0 Å². The van der Waals surface area contributed by atoms with Crippen LogP contribution in [-0.4, -0.2) is 4.98 Å². The van der Waals surface area contributed by atoms with E-state index in [1.54, 1.807) is 6.07 Å². The zero-order valence-corrected chi connectivity index (χ0v) is 9.63. The lowest BCUT2D eigenvalue weighted by Gasteiger charge is -1.96. The summed E-state index contributed by atoms with van der Waals surface area (Å²) in [5.74, 6) is -0.237. The second kappa shape index (κ2) is 3.90. The van der Waals surface area contributed by atoms with Gasteiger partial charge in [-0.25, -0.2) is 4.39 Å². The first-order chi connectivity index (χ1) is 8.22. The number of H-pyrrole nitrogens is 1. The molecule has 0 aliphatic carbocycles. The van der Waals surface area contributed by atoms with Crippen molar-refractivity contribution in [2.75, 3.05) is 0 Å². The SMILES string of the molecule is Fc1cccc(-c2cc3ccc(Cl)cc3[nH]2)c1. The van der Waals surface area contributed by atoms with Crippen molar-refractivity contribution >= 4 is 22.5 Å². The van der Waals surface area contributed by atoms with Crippen LogP contribution in [0.3, 0.4) is 0 Å². The molecule has 0 saturated carbocycles. The van der Waals surface area contributed by atoms with Crippen LogP contribution in [-0.2, 0) is 0 Å². The average molecular weight is 246 g/mol. The van der Waals surface area contributed by atoms with E-state index in [4.69, 9.17) is 11.6 Å². The molecule has 0 bridgehead atoms. The third kappa shape index (κ3) is 1.92. The monoisotopic (exact) mass is 245 g/mol. The molecule has 0 aliphatic rings. The molecule has 17 heavy (non-hydrogen) atoms. The highest BCUT2D eigenvalue weighted by molar-refractivity contribution is 6.31. The molecule has 0 saturated heterocycles. The molecule has 1 aromatic heterocycles. The predicted molar refractivity (Wildman–Crippen MR) is 68.7 cm³/mol. The van der Waals surface area contributed by atoms with Gasteiger partial charge in [0.15, 0.2) is 0 Å². The number of hydrogen-bond donors (Lipinski definition) is 1. The molecule has 0 unspecified atom stereocenters. The van der Waals surface area contributed by atoms with Gasteiger partial charge >= 0.3 is 0 Å². The minimum atomic E-state index is -0.237. The number of fused-ring (bicyclic) bond motifs is 1. The Labute approximate surface area is 103 Å². The van der Waals surface area contributed by atoms with E-state index in [9.17, 15) is 4.39 Å². The van der Waals surface area contributed by atoms with Crippen LogP contribution < -0.4 is 0 Å². The third-order valence-corrected chi connectivity index (χ3v) is 2.96. The third-order valence-electron chi connectivity index (χ3n) is 2.72. The Morgan fingerprint density at radius 2 is 1.88 bits per heavy atom. The molecule has 2 aromatic carbocycles. The van der Waals surface area contributed by atoms with Crippen molar-refractivity contribution in [2.24, 2.45) is 0 Å². The minimum absolute atomic E-state index is 0.237. The molecule has 3 heteroatoms. The maximum atomic E-state index is 13.1. The van der Waals surface area contributed by atoms with Gasteiger partial charge in [-0.05, 0) is 30.3 Å². The highest BCUT2D eigenvalue weighted by atomic mass is 35.5. The Hall–Kier alpha value is -1.80. The van der Waals surface area contributed by atoms with Gasteiger partial charge in [0.05, 0.1) is 0 Å². The number of aromatic nitrogens is 1. The fraction of sp³-hybridized carbons (Fsp3) is 0. The Morgan fingerprint density at radius 3 is 2.71 bits per heavy atom. The molecular weight excluding hydrogens is 237 g/mol. The lowest BCUT2D eigenvalue weighted by molar-refractivity contribution is 0.628. The van der Waals surface area contributed by atoms with E-state index < -0.39 is 0 Å². The highest BCUT2D eigenvalue weighted by Crippen LogP contribution is 2.26. The van der Waals surface area contributed by atoms with E-state index >= 15 is 0 Å². The van der Waals surface area contributed by atoms with Gasteiger partial charge in [0.25, 0.3) is 0 Å². The number of hydrogen-bond acceptors (Lipinski definition) is 0. The molecule has 0 spiro atoms. The van der Waals surface area contributed by atoms with Gasteiger partial charge in [-0.2, -0.15) is 0 Å². The highest BCUT2D eigenvalue weighted by Gasteiger charge is 2.04. The van der Waals surface area contributed by atoms with E-state index in [2.05, 4.69) is 4.98 Å². The maximum Gasteiger partial charge on any atom is 0.123 e. The van der Waals surface area contributed by atoms with Gasteiger partial charge < -0.3 is 4.98 Å². The van der Waals surface area contributed by atoms with Crippen LogP contribution in [0.5, 0.6) is 0 Å². The van der Waals surface area contributed by atoms with Crippen molar-refractivity contribution in [1.29, 1.82) is 0 Å². The molecule has 1 nitrogen and oxygen atoms in total. The zero-order chi connectivity index (χ0) is 11.8. The molecule has 3 rings (SSSR count). The predicted octanol–water partition coefficient (Wildman–Crippen LogP) is 4.63. The van der Waals surface area contributed by atoms with E-state index in [1.165, 1.54) is 12.1 Å².